The van der Waals surface area contributed by atoms with Gasteiger partial charge in [-0.3, -0.25) is 9.10 Å². The van der Waals surface area contributed by atoms with Gasteiger partial charge >= 0.3 is 0 Å². The van der Waals surface area contributed by atoms with Gasteiger partial charge in [0.2, 0.25) is 15.9 Å². The lowest BCUT2D eigenvalue weighted by molar-refractivity contribution is -0.116. The van der Waals surface area contributed by atoms with Crippen LogP contribution in [-0.4, -0.2) is 26.6 Å². The molecule has 0 aromatic heterocycles. The van der Waals surface area contributed by atoms with Crippen LogP contribution < -0.4 is 9.62 Å². The van der Waals surface area contributed by atoms with E-state index in [4.69, 9.17) is 23.2 Å². The summed E-state index contributed by atoms with van der Waals surface area (Å²) in [4.78, 5) is 12.4. The summed E-state index contributed by atoms with van der Waals surface area (Å²) < 4.78 is 51.5. The molecule has 0 aliphatic heterocycles. The molecule has 0 saturated carbocycles. The predicted molar refractivity (Wildman–Crippen MR) is 98.2 cm³/mol. The number of amides is 1. The molecule has 10 heteroatoms. The summed E-state index contributed by atoms with van der Waals surface area (Å²) in [5, 5.41) is 2.72. The van der Waals surface area contributed by atoms with E-state index in [-0.39, 0.29) is 21.4 Å². The summed E-state index contributed by atoms with van der Waals surface area (Å²) in [5.41, 5.74) is 0.0799. The molecule has 1 atom stereocenters. The summed E-state index contributed by atoms with van der Waals surface area (Å²) in [6, 6.07) is 5.68. The first-order valence-electron chi connectivity index (χ1n) is 7.20. The van der Waals surface area contributed by atoms with E-state index in [1.54, 1.807) is 0 Å². The van der Waals surface area contributed by atoms with Crippen molar-refractivity contribution in [3.8, 4) is 0 Å². The Kier molecular flexibility index (Phi) is 6.10. The van der Waals surface area contributed by atoms with Gasteiger partial charge in [0.15, 0.2) is 11.6 Å². The summed E-state index contributed by atoms with van der Waals surface area (Å²) in [5.74, 6) is -2.96. The monoisotopic (exact) mass is 422 g/mol. The third-order valence-corrected chi connectivity index (χ3v) is 5.06. The van der Waals surface area contributed by atoms with Gasteiger partial charge in [-0.15, -0.1) is 0 Å². The van der Waals surface area contributed by atoms with Crippen molar-refractivity contribution in [1.29, 1.82) is 0 Å². The van der Waals surface area contributed by atoms with E-state index in [2.05, 4.69) is 5.32 Å². The van der Waals surface area contributed by atoms with Crippen LogP contribution in [0.5, 0.6) is 0 Å². The molecule has 2 aromatic rings. The maximum atomic E-state index is 13.3. The van der Waals surface area contributed by atoms with Crippen molar-refractivity contribution in [3.63, 3.8) is 0 Å². The predicted octanol–water partition coefficient (Wildman–Crippen LogP) is 4.06. The maximum absolute atomic E-state index is 13.3. The molecule has 1 N–H and O–H groups in total. The summed E-state index contributed by atoms with van der Waals surface area (Å²) in [6.07, 6.45) is 0.920. The van der Waals surface area contributed by atoms with Crippen molar-refractivity contribution in [2.75, 3.05) is 15.9 Å². The van der Waals surface area contributed by atoms with Crippen molar-refractivity contribution >= 4 is 50.5 Å². The van der Waals surface area contributed by atoms with Gasteiger partial charge in [0.05, 0.1) is 11.9 Å². The second-order valence-corrected chi connectivity index (χ2v) is 8.21. The van der Waals surface area contributed by atoms with Crippen LogP contribution in [0.4, 0.5) is 20.2 Å². The molecule has 0 fully saturated rings. The smallest absolute Gasteiger partial charge is 0.247 e. The van der Waals surface area contributed by atoms with Crippen LogP contribution in [0, 0.1) is 11.6 Å². The SMILES string of the molecule is CC(C(=O)Nc1ccc(F)c(F)c1)N(c1cc(Cl)cc(Cl)c1)S(C)(=O)=O. The van der Waals surface area contributed by atoms with E-state index in [0.717, 1.165) is 28.8 Å². The Morgan fingerprint density at radius 1 is 1.08 bits per heavy atom. The van der Waals surface area contributed by atoms with Gasteiger partial charge in [0, 0.05) is 21.8 Å². The van der Waals surface area contributed by atoms with Crippen LogP contribution in [0.1, 0.15) is 6.92 Å². The summed E-state index contributed by atoms with van der Waals surface area (Å²) >= 11 is 11.8. The van der Waals surface area contributed by atoms with E-state index in [1.807, 2.05) is 0 Å². The minimum absolute atomic E-state index is 0.0154. The van der Waals surface area contributed by atoms with Gasteiger partial charge in [-0.25, -0.2) is 17.2 Å². The second kappa shape index (κ2) is 7.77. The number of halogens is 4. The maximum Gasteiger partial charge on any atom is 0.247 e. The fourth-order valence-electron chi connectivity index (χ4n) is 2.30. The first-order chi connectivity index (χ1) is 12.0. The topological polar surface area (TPSA) is 66.5 Å². The Morgan fingerprint density at radius 3 is 2.15 bits per heavy atom. The van der Waals surface area contributed by atoms with Gasteiger partial charge in [-0.2, -0.15) is 0 Å². The highest BCUT2D eigenvalue weighted by atomic mass is 35.5. The Hall–Kier alpha value is -1.90. The average molecular weight is 423 g/mol. The molecular formula is C16H14Cl2F2N2O3S. The number of sulfonamides is 1. The largest absolute Gasteiger partial charge is 0.324 e. The normalized spacial score (nSPS) is 12.5. The molecule has 26 heavy (non-hydrogen) atoms. The van der Waals surface area contributed by atoms with Crippen LogP contribution >= 0.6 is 23.2 Å². The zero-order chi connectivity index (χ0) is 19.6. The van der Waals surface area contributed by atoms with Crippen molar-refractivity contribution < 1.29 is 22.0 Å². The molecule has 0 bridgehead atoms. The number of nitrogens with one attached hydrogen (secondary N) is 1. The van der Waals surface area contributed by atoms with E-state index in [9.17, 15) is 22.0 Å². The lowest BCUT2D eigenvalue weighted by atomic mass is 10.2. The van der Waals surface area contributed by atoms with Crippen molar-refractivity contribution in [1.82, 2.24) is 0 Å². The Morgan fingerprint density at radius 2 is 1.65 bits per heavy atom. The molecule has 140 valence electrons. The number of hydrogen-bond donors (Lipinski definition) is 1. The van der Waals surface area contributed by atoms with Gasteiger partial charge < -0.3 is 5.32 Å². The molecule has 0 spiro atoms. The lowest BCUT2D eigenvalue weighted by Crippen LogP contribution is -2.45. The van der Waals surface area contributed by atoms with E-state index < -0.39 is 33.6 Å². The van der Waals surface area contributed by atoms with Crippen molar-refractivity contribution in [2.45, 2.75) is 13.0 Å². The average Bonchev–Trinajstić information content (AvgIpc) is 2.48. The third-order valence-electron chi connectivity index (χ3n) is 3.38. The van der Waals surface area contributed by atoms with Crippen LogP contribution in [0.2, 0.25) is 10.0 Å². The lowest BCUT2D eigenvalue weighted by Gasteiger charge is -2.28. The molecule has 0 radical (unpaired) electrons. The first kappa shape index (κ1) is 20.4. The summed E-state index contributed by atoms with van der Waals surface area (Å²) in [7, 11) is -3.88. The highest BCUT2D eigenvalue weighted by Crippen LogP contribution is 2.29. The number of hydrogen-bond acceptors (Lipinski definition) is 3. The van der Waals surface area contributed by atoms with Crippen LogP contribution in [0.3, 0.4) is 0 Å². The standard InChI is InChI=1S/C16H14Cl2F2N2O3S/c1-9(16(23)21-12-3-4-14(19)15(20)8-12)22(26(2,24)25)13-6-10(17)5-11(18)7-13/h3-9H,1-2H3,(H,21,23). The third kappa shape index (κ3) is 4.84. The first-order valence-corrected chi connectivity index (χ1v) is 9.81. The number of carbonyl (C=O) groups excluding carboxylic acids is 1. The van der Waals surface area contributed by atoms with Gasteiger partial charge in [-0.1, -0.05) is 23.2 Å². The van der Waals surface area contributed by atoms with Crippen molar-refractivity contribution in [3.05, 3.63) is 58.1 Å². The molecule has 5 nitrogen and oxygen atoms in total. The number of benzene rings is 2. The highest BCUT2D eigenvalue weighted by Gasteiger charge is 2.29. The Balaban J connectivity index is 2.35. The molecule has 0 heterocycles. The number of rotatable bonds is 5. The van der Waals surface area contributed by atoms with E-state index in [1.165, 1.54) is 25.1 Å². The van der Waals surface area contributed by atoms with Gasteiger partial charge in [-0.05, 0) is 37.3 Å². The van der Waals surface area contributed by atoms with Crippen molar-refractivity contribution in [2.24, 2.45) is 0 Å². The van der Waals surface area contributed by atoms with Gasteiger partial charge in [0.1, 0.15) is 6.04 Å². The molecule has 1 unspecified atom stereocenters. The van der Waals surface area contributed by atoms with Crippen LogP contribution in [0.15, 0.2) is 36.4 Å². The zero-order valence-electron chi connectivity index (χ0n) is 13.6. The quantitative estimate of drug-likeness (QED) is 0.789. The second-order valence-electron chi connectivity index (χ2n) is 5.48. The van der Waals surface area contributed by atoms with Crippen LogP contribution in [0.25, 0.3) is 0 Å². The van der Waals surface area contributed by atoms with E-state index in [0.29, 0.717) is 0 Å². The van der Waals surface area contributed by atoms with Crippen LogP contribution in [-0.2, 0) is 14.8 Å². The fourth-order valence-corrected chi connectivity index (χ4v) is 3.97. The number of carbonyl (C=O) groups is 1. The number of anilines is 2. The molecule has 2 aromatic carbocycles. The van der Waals surface area contributed by atoms with E-state index >= 15 is 0 Å². The molecule has 2 rings (SSSR count). The highest BCUT2D eigenvalue weighted by molar-refractivity contribution is 7.92. The molecule has 0 saturated heterocycles. The molecule has 0 aliphatic rings. The fraction of sp³-hybridized carbons (Fsp3) is 0.188. The number of nitrogens with zero attached hydrogens (tertiary/aromatic N) is 1. The Labute approximate surface area is 159 Å². The summed E-state index contributed by atoms with van der Waals surface area (Å²) in [6.45, 7) is 1.34. The minimum atomic E-state index is -3.88. The zero-order valence-corrected chi connectivity index (χ0v) is 16.0. The Bertz CT molecular complexity index is 934. The van der Waals surface area contributed by atoms with Gasteiger partial charge in [0.25, 0.3) is 0 Å². The molecular weight excluding hydrogens is 409 g/mol. The minimum Gasteiger partial charge on any atom is -0.324 e. The molecule has 0 aliphatic carbocycles. The molecule has 1 amide bonds.